The first-order valence-corrected chi connectivity index (χ1v) is 26.1. The predicted octanol–water partition coefficient (Wildman–Crippen LogP) is 14.2. The van der Waals surface area contributed by atoms with Gasteiger partial charge < -0.3 is 29.9 Å². The number of esters is 2. The lowest BCUT2D eigenvalue weighted by molar-refractivity contribution is 0.0471. The first-order valence-electron chi connectivity index (χ1n) is 26.1. The van der Waals surface area contributed by atoms with Gasteiger partial charge in [-0.05, 0) is 115 Å². The standard InChI is InChI=1S/C32H35N3O4.C31H33N3O4/c1-21(2)10-8-11-22(3)18-19-39-32(38)24-13-9-12-23(20-24)29-33-30(25-14-4-6-16-27(25)36)35-31(34-29)26-15-5-7-17-28(26)37;1-20(19-31(2,3)4)16-17-38-30(37)22-11-9-10-21(18-22)27-32-28(23-12-5-7-14-25(23)35)34-29(33-27)24-13-6-8-15-26(24)36/h4-7,9,12-17,20-22,36-37H,8,10-11,18-19H2,1-3H3;5-15,18,20,35-36H,16-17,19H2,1-4H3. The minimum Gasteiger partial charge on any atom is -0.507 e. The van der Waals surface area contributed by atoms with Gasteiger partial charge >= 0.3 is 11.9 Å². The second kappa shape index (κ2) is 26.3. The molecule has 8 aromatic rings. The molecule has 2 atom stereocenters. The highest BCUT2D eigenvalue weighted by molar-refractivity contribution is 5.91. The molecule has 398 valence electrons. The number of hydrogen-bond donors (Lipinski definition) is 4. The lowest BCUT2D eigenvalue weighted by Gasteiger charge is -2.23. The van der Waals surface area contributed by atoms with E-state index in [0.29, 0.717) is 87.1 Å². The van der Waals surface area contributed by atoms with Gasteiger partial charge in [-0.15, -0.1) is 0 Å². The Morgan fingerprint density at radius 1 is 0.429 bits per heavy atom. The largest absolute Gasteiger partial charge is 0.507 e. The molecule has 0 spiro atoms. The fraction of sp³-hybridized carbons (Fsp3) is 0.302. The van der Waals surface area contributed by atoms with E-state index in [1.807, 2.05) is 0 Å². The number of aromatic hydroxyl groups is 4. The van der Waals surface area contributed by atoms with Crippen LogP contribution in [0.15, 0.2) is 146 Å². The summed E-state index contributed by atoms with van der Waals surface area (Å²) in [6.45, 7) is 16.2. The van der Waals surface area contributed by atoms with Gasteiger partial charge in [0.2, 0.25) is 0 Å². The fourth-order valence-corrected chi connectivity index (χ4v) is 8.75. The second-order valence-electron chi connectivity index (χ2n) is 21.0. The number of phenolic OH excluding ortho intramolecular Hbond substituents is 4. The smallest absolute Gasteiger partial charge is 0.338 e. The SMILES string of the molecule is CC(C)CCCC(C)CCOC(=O)c1cccc(-c2nc(-c3ccccc3O)nc(-c3ccccc3O)n2)c1.CC(CCOC(=O)c1cccc(-c2nc(-c3ccccc3O)nc(-c3ccccc3O)n2)c1)CC(C)(C)C. The van der Waals surface area contributed by atoms with Crippen LogP contribution in [0.1, 0.15) is 108 Å². The minimum atomic E-state index is -0.411. The van der Waals surface area contributed by atoms with Crippen molar-refractivity contribution in [2.24, 2.45) is 23.2 Å². The summed E-state index contributed by atoms with van der Waals surface area (Å²) >= 11 is 0. The van der Waals surface area contributed by atoms with E-state index in [4.69, 9.17) is 9.47 Å². The topological polar surface area (TPSA) is 211 Å². The average molecular weight is 1040 g/mol. The molecule has 2 unspecified atom stereocenters. The number of benzene rings is 6. The number of carbonyl (C=O) groups is 2. The van der Waals surface area contributed by atoms with Crippen LogP contribution in [-0.4, -0.2) is 75.5 Å². The first-order chi connectivity index (χ1) is 36.9. The molecule has 14 heteroatoms. The number of aromatic nitrogens is 6. The molecule has 0 saturated heterocycles. The van der Waals surface area contributed by atoms with Crippen molar-refractivity contribution in [3.63, 3.8) is 0 Å². The normalized spacial score (nSPS) is 12.1. The minimum absolute atomic E-state index is 0.0194. The van der Waals surface area contributed by atoms with Crippen LogP contribution >= 0.6 is 0 Å². The lowest BCUT2D eigenvalue weighted by Crippen LogP contribution is -2.14. The first kappa shape index (κ1) is 56.2. The van der Waals surface area contributed by atoms with E-state index in [9.17, 15) is 30.0 Å². The van der Waals surface area contributed by atoms with Crippen LogP contribution in [0.4, 0.5) is 0 Å². The van der Waals surface area contributed by atoms with Gasteiger partial charge in [0.05, 0.1) is 46.6 Å². The van der Waals surface area contributed by atoms with Crippen LogP contribution in [0.25, 0.3) is 68.3 Å². The van der Waals surface area contributed by atoms with Gasteiger partial charge in [-0.2, -0.15) is 0 Å². The van der Waals surface area contributed by atoms with Crippen LogP contribution in [0, 0.1) is 23.2 Å². The van der Waals surface area contributed by atoms with Crippen molar-refractivity contribution in [3.05, 3.63) is 157 Å². The number of rotatable bonds is 19. The molecular weight excluding hydrogens is 969 g/mol. The van der Waals surface area contributed by atoms with Gasteiger partial charge in [0.15, 0.2) is 34.9 Å². The maximum atomic E-state index is 12.8. The quantitative estimate of drug-likeness (QED) is 0.0555. The third kappa shape index (κ3) is 16.0. The van der Waals surface area contributed by atoms with Crippen molar-refractivity contribution in [2.75, 3.05) is 13.2 Å². The molecule has 14 nitrogen and oxygen atoms in total. The van der Waals surface area contributed by atoms with Crippen LogP contribution in [0.5, 0.6) is 23.0 Å². The van der Waals surface area contributed by atoms with E-state index in [1.54, 1.807) is 146 Å². The summed E-state index contributed by atoms with van der Waals surface area (Å²) in [5.74, 6) is 2.49. The number of para-hydroxylation sites is 4. The molecule has 0 fully saturated rings. The molecule has 0 amide bonds. The molecule has 0 aliphatic carbocycles. The van der Waals surface area contributed by atoms with Gasteiger partial charge in [0.25, 0.3) is 0 Å². The fourth-order valence-electron chi connectivity index (χ4n) is 8.75. The third-order valence-electron chi connectivity index (χ3n) is 12.7. The molecule has 2 aromatic heterocycles. The molecule has 4 N–H and O–H groups in total. The van der Waals surface area contributed by atoms with Gasteiger partial charge in [-0.3, -0.25) is 0 Å². The molecule has 0 aliphatic rings. The zero-order chi connectivity index (χ0) is 55.1. The molecule has 0 radical (unpaired) electrons. The average Bonchev–Trinajstić information content (AvgIpc) is 3.43. The van der Waals surface area contributed by atoms with Gasteiger partial charge in [-0.1, -0.05) is 141 Å². The second-order valence-corrected chi connectivity index (χ2v) is 21.0. The molecule has 77 heavy (non-hydrogen) atoms. The van der Waals surface area contributed by atoms with Crippen molar-refractivity contribution >= 4 is 11.9 Å². The number of carbonyl (C=O) groups excluding carboxylic acids is 2. The van der Waals surface area contributed by atoms with Gasteiger partial charge in [0.1, 0.15) is 23.0 Å². The number of phenols is 4. The Morgan fingerprint density at radius 2 is 0.766 bits per heavy atom. The Labute approximate surface area is 451 Å². The van der Waals surface area contributed by atoms with E-state index in [1.165, 1.54) is 12.8 Å². The zero-order valence-corrected chi connectivity index (χ0v) is 44.9. The third-order valence-corrected chi connectivity index (χ3v) is 12.7. The maximum Gasteiger partial charge on any atom is 0.338 e. The number of ether oxygens (including phenoxy) is 2. The maximum absolute atomic E-state index is 12.8. The molecule has 0 bridgehead atoms. The number of nitrogens with zero attached hydrogens (tertiary/aromatic N) is 6. The Kier molecular flexibility index (Phi) is 19.2. The highest BCUT2D eigenvalue weighted by Gasteiger charge is 2.21. The van der Waals surface area contributed by atoms with Crippen molar-refractivity contribution in [1.29, 1.82) is 0 Å². The molecule has 0 aliphatic heterocycles. The predicted molar refractivity (Wildman–Crippen MR) is 300 cm³/mol. The van der Waals surface area contributed by atoms with E-state index in [2.05, 4.69) is 78.4 Å². The summed E-state index contributed by atoms with van der Waals surface area (Å²) in [5, 5.41) is 41.7. The zero-order valence-electron chi connectivity index (χ0n) is 44.9. The van der Waals surface area contributed by atoms with Crippen LogP contribution < -0.4 is 0 Å². The summed E-state index contributed by atoms with van der Waals surface area (Å²) in [6.07, 6.45) is 6.20. The summed E-state index contributed by atoms with van der Waals surface area (Å²) < 4.78 is 11.1. The lowest BCUT2D eigenvalue weighted by atomic mass is 9.84. The molecular formula is C63H68N6O8. The highest BCUT2D eigenvalue weighted by atomic mass is 16.5. The summed E-state index contributed by atoms with van der Waals surface area (Å²) in [5.41, 5.74) is 3.88. The van der Waals surface area contributed by atoms with Crippen molar-refractivity contribution in [1.82, 2.24) is 29.9 Å². The Balaban J connectivity index is 0.000000224. The molecule has 6 aromatic carbocycles. The summed E-state index contributed by atoms with van der Waals surface area (Å²) in [6, 6.07) is 40.9. The molecule has 0 saturated carbocycles. The van der Waals surface area contributed by atoms with Crippen LogP contribution in [0.2, 0.25) is 0 Å². The number of hydrogen-bond acceptors (Lipinski definition) is 14. The summed E-state index contributed by atoms with van der Waals surface area (Å²) in [7, 11) is 0. The van der Waals surface area contributed by atoms with Gasteiger partial charge in [-0.25, -0.2) is 39.5 Å². The van der Waals surface area contributed by atoms with E-state index in [0.717, 1.165) is 25.7 Å². The Morgan fingerprint density at radius 3 is 1.10 bits per heavy atom. The summed E-state index contributed by atoms with van der Waals surface area (Å²) in [4.78, 5) is 53.1. The van der Waals surface area contributed by atoms with Crippen LogP contribution in [-0.2, 0) is 9.47 Å². The van der Waals surface area contributed by atoms with Gasteiger partial charge in [0, 0.05) is 11.1 Å². The monoisotopic (exact) mass is 1040 g/mol. The van der Waals surface area contributed by atoms with Crippen molar-refractivity contribution < 1.29 is 39.5 Å². The molecule has 2 heterocycles. The Hall–Kier alpha value is -8.52. The van der Waals surface area contributed by atoms with E-state index >= 15 is 0 Å². The van der Waals surface area contributed by atoms with E-state index < -0.39 is 11.9 Å². The van der Waals surface area contributed by atoms with Crippen molar-refractivity contribution in [2.45, 2.75) is 87.0 Å². The molecule has 8 rings (SSSR count). The van der Waals surface area contributed by atoms with E-state index in [-0.39, 0.29) is 51.7 Å². The highest BCUT2D eigenvalue weighted by Crippen LogP contribution is 2.35. The Bertz CT molecular complexity index is 3160. The van der Waals surface area contributed by atoms with Crippen molar-refractivity contribution in [3.8, 4) is 91.3 Å². The van der Waals surface area contributed by atoms with Crippen LogP contribution in [0.3, 0.4) is 0 Å².